The number of carbonyl (C=O) groups excluding carboxylic acids is 2. The average Bonchev–Trinajstić information content (AvgIpc) is 2.42. The molecule has 5 nitrogen and oxygen atoms in total. The molecule has 0 spiro atoms. The summed E-state index contributed by atoms with van der Waals surface area (Å²) in [7, 11) is 0. The van der Waals surface area contributed by atoms with Crippen molar-refractivity contribution in [3.05, 3.63) is 29.3 Å². The smallest absolute Gasteiger partial charge is 0.308 e. The number of carbonyl (C=O) groups is 2. The van der Waals surface area contributed by atoms with Crippen molar-refractivity contribution in [2.24, 2.45) is 5.92 Å². The molecular weight excluding hydrogens is 278 g/mol. The Morgan fingerprint density at radius 2 is 2.05 bits per heavy atom. The molecule has 2 N–H and O–H groups in total. The summed E-state index contributed by atoms with van der Waals surface area (Å²) in [6.07, 6.45) is 2.33. The largest absolute Gasteiger partial charge is 0.325 e. The molecule has 120 valence electrons. The van der Waals surface area contributed by atoms with Crippen molar-refractivity contribution in [2.45, 2.75) is 33.6 Å². The molecule has 0 aliphatic carbocycles. The molecule has 1 aliphatic rings. The van der Waals surface area contributed by atoms with Gasteiger partial charge in [0.05, 0.1) is 6.54 Å². The van der Waals surface area contributed by atoms with E-state index in [2.05, 4.69) is 22.5 Å². The van der Waals surface area contributed by atoms with Crippen LogP contribution in [0, 0.1) is 19.8 Å². The van der Waals surface area contributed by atoms with Crippen LogP contribution in [0.3, 0.4) is 0 Å². The minimum atomic E-state index is -0.474. The maximum Gasteiger partial charge on any atom is 0.325 e. The fourth-order valence-electron chi connectivity index (χ4n) is 2.78. The third-order valence-electron chi connectivity index (χ3n) is 4.13. The maximum absolute atomic E-state index is 11.9. The second-order valence-electron chi connectivity index (χ2n) is 6.28. The van der Waals surface area contributed by atoms with Crippen molar-refractivity contribution in [2.75, 3.05) is 25.0 Å². The van der Waals surface area contributed by atoms with E-state index in [0.29, 0.717) is 11.6 Å². The second-order valence-corrected chi connectivity index (χ2v) is 6.28. The lowest BCUT2D eigenvalue weighted by Crippen LogP contribution is -2.44. The van der Waals surface area contributed by atoms with Crippen LogP contribution in [0.4, 0.5) is 10.5 Å². The van der Waals surface area contributed by atoms with Crippen molar-refractivity contribution < 1.29 is 9.59 Å². The second kappa shape index (κ2) is 7.40. The van der Waals surface area contributed by atoms with Crippen molar-refractivity contribution >= 4 is 17.6 Å². The summed E-state index contributed by atoms with van der Waals surface area (Å²) in [6, 6.07) is 5.20. The van der Waals surface area contributed by atoms with Crippen LogP contribution in [0.5, 0.6) is 0 Å². The third-order valence-corrected chi connectivity index (χ3v) is 4.13. The van der Waals surface area contributed by atoms with Gasteiger partial charge in [-0.1, -0.05) is 13.0 Å². The normalized spacial score (nSPS) is 18.8. The molecule has 1 atom stereocenters. The number of nitrogens with one attached hydrogen (secondary N) is 2. The zero-order valence-corrected chi connectivity index (χ0v) is 13.6. The molecule has 1 saturated heterocycles. The predicted molar refractivity (Wildman–Crippen MR) is 87.9 cm³/mol. The summed E-state index contributed by atoms with van der Waals surface area (Å²) >= 11 is 0. The summed E-state index contributed by atoms with van der Waals surface area (Å²) < 4.78 is 0. The molecule has 1 fully saturated rings. The van der Waals surface area contributed by atoms with Gasteiger partial charge >= 0.3 is 6.03 Å². The van der Waals surface area contributed by atoms with Gasteiger partial charge in [-0.3, -0.25) is 15.0 Å². The Morgan fingerprint density at radius 3 is 2.73 bits per heavy atom. The Labute approximate surface area is 132 Å². The molecule has 22 heavy (non-hydrogen) atoms. The minimum absolute atomic E-state index is 0.254. The van der Waals surface area contributed by atoms with Crippen LogP contribution in [-0.2, 0) is 4.79 Å². The van der Waals surface area contributed by atoms with Gasteiger partial charge in [0.1, 0.15) is 0 Å². The molecule has 3 amide bonds. The summed E-state index contributed by atoms with van der Waals surface area (Å²) in [4.78, 5) is 25.9. The van der Waals surface area contributed by atoms with Crippen LogP contribution >= 0.6 is 0 Å². The van der Waals surface area contributed by atoms with Crippen molar-refractivity contribution in [3.8, 4) is 0 Å². The molecule has 0 radical (unpaired) electrons. The highest BCUT2D eigenvalue weighted by Crippen LogP contribution is 2.15. The fraction of sp³-hybridized carbons (Fsp3) is 0.529. The van der Waals surface area contributed by atoms with Gasteiger partial charge in [0.25, 0.3) is 0 Å². The van der Waals surface area contributed by atoms with E-state index in [0.717, 1.165) is 25.1 Å². The van der Waals surface area contributed by atoms with Gasteiger partial charge in [-0.25, -0.2) is 4.79 Å². The number of rotatable bonds is 3. The van der Waals surface area contributed by atoms with E-state index in [9.17, 15) is 9.59 Å². The van der Waals surface area contributed by atoms with Crippen LogP contribution in [0.15, 0.2) is 18.2 Å². The topological polar surface area (TPSA) is 61.4 Å². The number of aryl methyl sites for hydroxylation is 2. The fourth-order valence-corrected chi connectivity index (χ4v) is 2.78. The molecular formula is C17H25N3O2. The summed E-state index contributed by atoms with van der Waals surface area (Å²) in [5, 5.41) is 5.09. The number of likely N-dealkylation sites (tertiary alicyclic amines) is 1. The van der Waals surface area contributed by atoms with Gasteiger partial charge in [-0.2, -0.15) is 0 Å². The number of nitrogens with zero attached hydrogens (tertiary/aromatic N) is 1. The Hall–Kier alpha value is -1.88. The summed E-state index contributed by atoms with van der Waals surface area (Å²) in [5.74, 6) is 0.362. The number of piperidine rings is 1. The predicted octanol–water partition coefficient (Wildman–Crippen LogP) is 2.68. The molecule has 0 saturated carbocycles. The highest BCUT2D eigenvalue weighted by atomic mass is 16.2. The molecule has 1 aromatic carbocycles. The molecule has 0 aromatic heterocycles. The lowest BCUT2D eigenvalue weighted by Gasteiger charge is -2.29. The first-order valence-electron chi connectivity index (χ1n) is 7.84. The van der Waals surface area contributed by atoms with Gasteiger partial charge < -0.3 is 5.32 Å². The maximum atomic E-state index is 11.9. The Balaban J connectivity index is 1.80. The van der Waals surface area contributed by atoms with Gasteiger partial charge in [-0.05, 0) is 62.4 Å². The van der Waals surface area contributed by atoms with E-state index in [1.54, 1.807) is 0 Å². The number of hydrogen-bond donors (Lipinski definition) is 2. The summed E-state index contributed by atoms with van der Waals surface area (Å²) in [5.41, 5.74) is 2.97. The van der Waals surface area contributed by atoms with E-state index < -0.39 is 6.03 Å². The van der Waals surface area contributed by atoms with Crippen LogP contribution in [0.2, 0.25) is 0 Å². The molecule has 1 heterocycles. The van der Waals surface area contributed by atoms with Gasteiger partial charge in [0, 0.05) is 12.2 Å². The van der Waals surface area contributed by atoms with Gasteiger partial charge in [-0.15, -0.1) is 0 Å². The number of benzene rings is 1. The Kier molecular flexibility index (Phi) is 5.55. The van der Waals surface area contributed by atoms with E-state index in [1.165, 1.54) is 12.0 Å². The van der Waals surface area contributed by atoms with Crippen molar-refractivity contribution in [1.29, 1.82) is 0 Å². The molecule has 1 unspecified atom stereocenters. The molecule has 1 aliphatic heterocycles. The third kappa shape index (κ3) is 4.84. The number of anilines is 1. The number of hydrogen-bond acceptors (Lipinski definition) is 3. The van der Waals surface area contributed by atoms with E-state index in [-0.39, 0.29) is 12.5 Å². The first kappa shape index (κ1) is 16.5. The summed E-state index contributed by atoms with van der Waals surface area (Å²) in [6.45, 7) is 8.33. The highest BCUT2D eigenvalue weighted by Gasteiger charge is 2.19. The first-order chi connectivity index (χ1) is 10.4. The monoisotopic (exact) mass is 303 g/mol. The van der Waals surface area contributed by atoms with E-state index in [1.807, 2.05) is 32.0 Å². The number of urea groups is 1. The first-order valence-corrected chi connectivity index (χ1v) is 7.84. The van der Waals surface area contributed by atoms with Gasteiger partial charge in [0.15, 0.2) is 0 Å². The van der Waals surface area contributed by atoms with Crippen LogP contribution in [0.1, 0.15) is 30.9 Å². The Morgan fingerprint density at radius 1 is 1.27 bits per heavy atom. The zero-order chi connectivity index (χ0) is 16.1. The van der Waals surface area contributed by atoms with E-state index >= 15 is 0 Å². The molecule has 5 heteroatoms. The lowest BCUT2D eigenvalue weighted by molar-refractivity contribution is -0.121. The number of imide groups is 1. The van der Waals surface area contributed by atoms with Crippen molar-refractivity contribution in [1.82, 2.24) is 10.2 Å². The van der Waals surface area contributed by atoms with Crippen LogP contribution in [-0.4, -0.2) is 36.5 Å². The average molecular weight is 303 g/mol. The van der Waals surface area contributed by atoms with Crippen LogP contribution in [0.25, 0.3) is 0 Å². The van der Waals surface area contributed by atoms with Crippen molar-refractivity contribution in [3.63, 3.8) is 0 Å². The highest BCUT2D eigenvalue weighted by molar-refractivity contribution is 6.01. The number of amides is 3. The lowest BCUT2D eigenvalue weighted by atomic mass is 10.0. The zero-order valence-electron chi connectivity index (χ0n) is 13.6. The quantitative estimate of drug-likeness (QED) is 0.902. The van der Waals surface area contributed by atoms with Gasteiger partial charge in [0.2, 0.25) is 5.91 Å². The SMILES string of the molecule is Cc1ccc(NC(=O)NC(=O)CN2CCCC(C)C2)cc1C. The molecule has 2 rings (SSSR count). The molecule has 1 aromatic rings. The molecule has 0 bridgehead atoms. The van der Waals surface area contributed by atoms with Crippen LogP contribution < -0.4 is 10.6 Å². The Bertz CT molecular complexity index is 557. The standard InChI is InChI=1S/C17H25N3O2/c1-12-5-4-8-20(10-12)11-16(21)19-17(22)18-15-7-6-13(2)14(3)9-15/h6-7,9,12H,4-5,8,10-11H2,1-3H3,(H2,18,19,21,22). The minimum Gasteiger partial charge on any atom is -0.308 e. The van der Waals surface area contributed by atoms with E-state index in [4.69, 9.17) is 0 Å².